The van der Waals surface area contributed by atoms with Crippen LogP contribution >= 0.6 is 0 Å². The number of imide groups is 1. The minimum absolute atomic E-state index is 0.145. The van der Waals surface area contributed by atoms with E-state index in [1.165, 1.54) is 11.9 Å². The quantitative estimate of drug-likeness (QED) is 0.746. The molecule has 1 saturated heterocycles. The first-order valence-electron chi connectivity index (χ1n) is 9.31. The highest BCUT2D eigenvalue weighted by molar-refractivity contribution is 6.10. The van der Waals surface area contributed by atoms with Crippen LogP contribution in [-0.2, 0) is 26.3 Å². The average molecular weight is 386 g/mol. The molecule has 1 aromatic carbocycles. The number of nitrogens with zero attached hydrogens (tertiary/aromatic N) is 2. The summed E-state index contributed by atoms with van der Waals surface area (Å²) < 4.78 is 0. The number of hydrogen-bond acceptors (Lipinski definition) is 4. The first-order valence-corrected chi connectivity index (χ1v) is 9.31. The molecule has 1 spiro atoms. The molecule has 0 saturated carbocycles. The monoisotopic (exact) mass is 386 g/mol. The molecule has 2 aliphatic rings. The van der Waals surface area contributed by atoms with Crippen molar-refractivity contribution in [3.8, 4) is 0 Å². The highest BCUT2D eigenvalue weighted by Gasteiger charge is 2.55. The van der Waals surface area contributed by atoms with E-state index in [2.05, 4.69) is 10.6 Å². The summed E-state index contributed by atoms with van der Waals surface area (Å²) in [6.07, 6.45) is 1.17. The summed E-state index contributed by atoms with van der Waals surface area (Å²) in [4.78, 5) is 52.2. The van der Waals surface area contributed by atoms with E-state index in [0.29, 0.717) is 12.8 Å². The summed E-state index contributed by atoms with van der Waals surface area (Å²) in [6, 6.07) is 6.94. The predicted molar refractivity (Wildman–Crippen MR) is 102 cm³/mol. The Bertz CT molecular complexity index is 845. The van der Waals surface area contributed by atoms with Gasteiger partial charge in [0.2, 0.25) is 11.8 Å². The molecule has 5 amide bonds. The van der Waals surface area contributed by atoms with Crippen molar-refractivity contribution < 1.29 is 19.2 Å². The van der Waals surface area contributed by atoms with Crippen molar-refractivity contribution >= 4 is 23.8 Å². The third-order valence-electron chi connectivity index (χ3n) is 5.04. The predicted octanol–water partition coefficient (Wildman–Crippen LogP) is 0.753. The van der Waals surface area contributed by atoms with E-state index in [0.717, 1.165) is 16.0 Å². The van der Waals surface area contributed by atoms with Crippen molar-refractivity contribution in [2.75, 3.05) is 20.1 Å². The van der Waals surface area contributed by atoms with Gasteiger partial charge in [-0.2, -0.15) is 0 Å². The van der Waals surface area contributed by atoms with Crippen molar-refractivity contribution in [2.45, 2.75) is 44.7 Å². The Balaban J connectivity index is 1.68. The number of aryl methyl sites for hydroxylation is 1. The molecular weight excluding hydrogens is 360 g/mol. The highest BCUT2D eigenvalue weighted by atomic mass is 16.2. The van der Waals surface area contributed by atoms with Crippen molar-refractivity contribution in [2.24, 2.45) is 0 Å². The van der Waals surface area contributed by atoms with Gasteiger partial charge in [0.05, 0.1) is 6.54 Å². The van der Waals surface area contributed by atoms with E-state index < -0.39 is 35.5 Å². The fourth-order valence-electron chi connectivity index (χ4n) is 3.75. The molecule has 3 rings (SSSR count). The van der Waals surface area contributed by atoms with Gasteiger partial charge in [0.15, 0.2) is 0 Å². The van der Waals surface area contributed by atoms with E-state index in [4.69, 9.17) is 0 Å². The minimum Gasteiger partial charge on any atom is -0.350 e. The van der Waals surface area contributed by atoms with Crippen molar-refractivity contribution in [1.82, 2.24) is 20.4 Å². The molecule has 150 valence electrons. The number of urea groups is 1. The van der Waals surface area contributed by atoms with Crippen molar-refractivity contribution in [3.05, 3.63) is 35.4 Å². The van der Waals surface area contributed by atoms with Crippen LogP contribution in [0.3, 0.4) is 0 Å². The Morgan fingerprint density at radius 2 is 1.93 bits per heavy atom. The fraction of sp³-hybridized carbons (Fsp3) is 0.500. The number of carbonyl (C=O) groups is 4. The highest BCUT2D eigenvalue weighted by Crippen LogP contribution is 2.41. The lowest BCUT2D eigenvalue weighted by Gasteiger charge is -2.25. The molecule has 2 N–H and O–H groups in total. The van der Waals surface area contributed by atoms with Crippen LogP contribution < -0.4 is 10.6 Å². The normalized spacial score (nSPS) is 20.9. The van der Waals surface area contributed by atoms with Gasteiger partial charge < -0.3 is 15.5 Å². The van der Waals surface area contributed by atoms with E-state index >= 15 is 0 Å². The maximum absolute atomic E-state index is 13.1. The molecule has 1 heterocycles. The average Bonchev–Trinajstić information content (AvgIpc) is 3.07. The van der Waals surface area contributed by atoms with Crippen LogP contribution in [0.15, 0.2) is 24.3 Å². The molecule has 8 nitrogen and oxygen atoms in total. The zero-order valence-corrected chi connectivity index (χ0v) is 16.7. The SMILES string of the molecule is CN(CC(=O)NC(C)(C)C)C(=O)CN1C(=O)N[C@]2(CCc3ccccc32)C1=O. The molecule has 1 aliphatic heterocycles. The number of fused-ring (bicyclic) bond motifs is 2. The number of rotatable bonds is 4. The largest absolute Gasteiger partial charge is 0.350 e. The Hall–Kier alpha value is -2.90. The van der Waals surface area contributed by atoms with E-state index in [-0.39, 0.29) is 12.5 Å². The van der Waals surface area contributed by atoms with Crippen LogP contribution in [-0.4, -0.2) is 59.2 Å². The van der Waals surface area contributed by atoms with Gasteiger partial charge in [0.25, 0.3) is 5.91 Å². The Labute approximate surface area is 164 Å². The number of benzene rings is 1. The summed E-state index contributed by atoms with van der Waals surface area (Å²) in [7, 11) is 1.48. The lowest BCUT2D eigenvalue weighted by Crippen LogP contribution is -2.49. The fourth-order valence-corrected chi connectivity index (χ4v) is 3.75. The van der Waals surface area contributed by atoms with Gasteiger partial charge in [0, 0.05) is 12.6 Å². The molecule has 1 fully saturated rings. The summed E-state index contributed by atoms with van der Waals surface area (Å²) >= 11 is 0. The maximum atomic E-state index is 13.1. The van der Waals surface area contributed by atoms with E-state index in [1.807, 2.05) is 45.0 Å². The molecule has 0 aromatic heterocycles. The molecule has 0 bridgehead atoms. The number of nitrogens with one attached hydrogen (secondary N) is 2. The van der Waals surface area contributed by atoms with Crippen LogP contribution in [0.5, 0.6) is 0 Å². The van der Waals surface area contributed by atoms with Crippen LogP contribution in [0.25, 0.3) is 0 Å². The molecule has 1 aromatic rings. The van der Waals surface area contributed by atoms with Gasteiger partial charge in [-0.05, 0) is 44.7 Å². The number of amides is 5. The minimum atomic E-state index is -1.09. The maximum Gasteiger partial charge on any atom is 0.325 e. The first kappa shape index (κ1) is 19.9. The lowest BCUT2D eigenvalue weighted by molar-refractivity contribution is -0.140. The van der Waals surface area contributed by atoms with Gasteiger partial charge in [-0.25, -0.2) is 4.79 Å². The van der Waals surface area contributed by atoms with Crippen LogP contribution in [0.1, 0.15) is 38.3 Å². The van der Waals surface area contributed by atoms with Gasteiger partial charge in [-0.15, -0.1) is 0 Å². The van der Waals surface area contributed by atoms with E-state index in [9.17, 15) is 19.2 Å². The Morgan fingerprint density at radius 1 is 1.25 bits per heavy atom. The number of hydrogen-bond donors (Lipinski definition) is 2. The molecular formula is C20H26N4O4. The van der Waals surface area contributed by atoms with Crippen molar-refractivity contribution in [1.29, 1.82) is 0 Å². The second-order valence-corrected chi connectivity index (χ2v) is 8.43. The lowest BCUT2D eigenvalue weighted by atomic mass is 9.92. The topological polar surface area (TPSA) is 98.8 Å². The number of likely N-dealkylation sites (N-methyl/N-ethyl adjacent to an activating group) is 1. The van der Waals surface area contributed by atoms with Crippen LogP contribution in [0.4, 0.5) is 4.79 Å². The first-order chi connectivity index (χ1) is 13.0. The van der Waals surface area contributed by atoms with Gasteiger partial charge in [-0.1, -0.05) is 24.3 Å². The van der Waals surface area contributed by atoms with Crippen LogP contribution in [0.2, 0.25) is 0 Å². The zero-order chi connectivity index (χ0) is 20.7. The molecule has 28 heavy (non-hydrogen) atoms. The standard InChI is InChI=1S/C20H26N4O4/c1-19(2,3)21-15(25)11-23(4)16(26)12-24-17(27)20(22-18(24)28)10-9-13-7-5-6-8-14(13)20/h5-8H,9-12H2,1-4H3,(H,21,25)(H,22,28)/t20-/m0/s1. The Kier molecular flexibility index (Phi) is 4.91. The second-order valence-electron chi connectivity index (χ2n) is 8.43. The molecule has 8 heteroatoms. The van der Waals surface area contributed by atoms with Gasteiger partial charge >= 0.3 is 6.03 Å². The number of carbonyl (C=O) groups excluding carboxylic acids is 4. The smallest absolute Gasteiger partial charge is 0.325 e. The van der Waals surface area contributed by atoms with Crippen LogP contribution in [0, 0.1) is 0 Å². The van der Waals surface area contributed by atoms with E-state index in [1.54, 1.807) is 0 Å². The zero-order valence-electron chi connectivity index (χ0n) is 16.7. The summed E-state index contributed by atoms with van der Waals surface area (Å²) in [5, 5.41) is 5.56. The Morgan fingerprint density at radius 3 is 2.61 bits per heavy atom. The molecule has 0 radical (unpaired) electrons. The third-order valence-corrected chi connectivity index (χ3v) is 5.04. The summed E-state index contributed by atoms with van der Waals surface area (Å²) in [5.41, 5.74) is 0.325. The molecule has 0 unspecified atom stereocenters. The summed E-state index contributed by atoms with van der Waals surface area (Å²) in [6.45, 7) is 5.00. The summed E-state index contributed by atoms with van der Waals surface area (Å²) in [5.74, 6) is -1.19. The second kappa shape index (κ2) is 6.92. The molecule has 1 aliphatic carbocycles. The van der Waals surface area contributed by atoms with Gasteiger partial charge in [0.1, 0.15) is 12.1 Å². The van der Waals surface area contributed by atoms with Gasteiger partial charge in [-0.3, -0.25) is 19.3 Å². The third kappa shape index (κ3) is 3.58. The van der Waals surface area contributed by atoms with Crippen molar-refractivity contribution in [3.63, 3.8) is 0 Å². The molecule has 1 atom stereocenters.